The molecule has 3 fully saturated rings. The van der Waals surface area contributed by atoms with Crippen molar-refractivity contribution in [3.8, 4) is 0 Å². The highest BCUT2D eigenvalue weighted by atomic mass is 79.9. The van der Waals surface area contributed by atoms with E-state index in [1.54, 1.807) is 30.3 Å². The van der Waals surface area contributed by atoms with Crippen molar-refractivity contribution < 1.29 is 24.0 Å². The standard InChI is InChI=1S/C26H31BrN6O6/c1-28-17-6-15(9-29-10-17)25(34)31-11-21(23(12-31)38-2)30-24-20(7-16(27)8-22(24)33(36)37)26(35)32-18-4-3-5-19(32)14-39-13-18/h6-10,18-19,21,23,28,30H,3-5,11-14H2,1-2H3/t18?,19?,21-,23-/m0/s1. The molecule has 0 radical (unpaired) electrons. The van der Waals surface area contributed by atoms with Gasteiger partial charge in [-0.1, -0.05) is 15.9 Å². The number of carbonyl (C=O) groups excluding carboxylic acids is 2. The van der Waals surface area contributed by atoms with Gasteiger partial charge in [-0.25, -0.2) is 0 Å². The number of rotatable bonds is 7. The summed E-state index contributed by atoms with van der Waals surface area (Å²) >= 11 is 3.36. The molecule has 0 saturated carbocycles. The normalized spacial score (nSPS) is 24.4. The number of nitrogens with one attached hydrogen (secondary N) is 2. The molecule has 1 aromatic carbocycles. The molecule has 39 heavy (non-hydrogen) atoms. The molecule has 5 rings (SSSR count). The van der Waals surface area contributed by atoms with Gasteiger partial charge in [-0.2, -0.15) is 0 Å². The number of hydrogen-bond acceptors (Lipinski definition) is 9. The minimum Gasteiger partial charge on any atom is -0.387 e. The molecule has 2 N–H and O–H groups in total. The van der Waals surface area contributed by atoms with Crippen molar-refractivity contribution in [1.82, 2.24) is 14.8 Å². The number of methoxy groups -OCH3 is 1. The number of nitrogens with zero attached hydrogens (tertiary/aromatic N) is 4. The SMILES string of the molecule is CNc1cncc(C(=O)N2C[C@H](Nc3c(C(=O)N4C5CCCC4COC5)cc(Br)cc3[N+](=O)[O-])[C@@H](OC)C2)c1. The number of hydrogen-bond donors (Lipinski definition) is 2. The van der Waals surface area contributed by atoms with Crippen LogP contribution in [0.2, 0.25) is 0 Å². The third-order valence-electron chi connectivity index (χ3n) is 7.69. The van der Waals surface area contributed by atoms with E-state index in [4.69, 9.17) is 9.47 Å². The largest absolute Gasteiger partial charge is 0.387 e. The van der Waals surface area contributed by atoms with Crippen molar-refractivity contribution in [2.45, 2.75) is 43.5 Å². The van der Waals surface area contributed by atoms with Crippen LogP contribution in [-0.2, 0) is 9.47 Å². The topological polar surface area (TPSA) is 139 Å². The highest BCUT2D eigenvalue weighted by Crippen LogP contribution is 2.37. The van der Waals surface area contributed by atoms with Gasteiger partial charge in [0.1, 0.15) is 5.69 Å². The molecule has 2 aromatic rings. The molecule has 2 bridgehead atoms. The number of fused-ring (bicyclic) bond motifs is 2. The van der Waals surface area contributed by atoms with Crippen LogP contribution in [-0.4, -0.2) is 96.2 Å². The first-order valence-electron chi connectivity index (χ1n) is 12.9. The Morgan fingerprint density at radius 2 is 1.90 bits per heavy atom. The van der Waals surface area contributed by atoms with Gasteiger partial charge in [0.2, 0.25) is 0 Å². The smallest absolute Gasteiger partial charge is 0.294 e. The van der Waals surface area contributed by atoms with E-state index >= 15 is 0 Å². The Labute approximate surface area is 234 Å². The van der Waals surface area contributed by atoms with Gasteiger partial charge < -0.3 is 29.9 Å². The minimum atomic E-state index is -0.501. The summed E-state index contributed by atoms with van der Waals surface area (Å²) in [7, 11) is 3.28. The number of likely N-dealkylation sites (tertiary alicyclic amines) is 1. The number of nitro groups is 1. The van der Waals surface area contributed by atoms with E-state index < -0.39 is 17.1 Å². The van der Waals surface area contributed by atoms with Gasteiger partial charge in [0.05, 0.1) is 59.2 Å². The van der Waals surface area contributed by atoms with Crippen LogP contribution in [0.1, 0.15) is 40.0 Å². The van der Waals surface area contributed by atoms with Crippen LogP contribution in [0.25, 0.3) is 0 Å². The van der Waals surface area contributed by atoms with Gasteiger partial charge in [0.25, 0.3) is 17.5 Å². The number of morpholine rings is 1. The third kappa shape index (κ3) is 5.43. The summed E-state index contributed by atoms with van der Waals surface area (Å²) in [5.74, 6) is -0.497. The Morgan fingerprint density at radius 1 is 1.15 bits per heavy atom. The van der Waals surface area contributed by atoms with E-state index in [1.165, 1.54) is 19.4 Å². The van der Waals surface area contributed by atoms with E-state index in [-0.39, 0.29) is 53.9 Å². The minimum absolute atomic E-state index is 0.0656. The molecule has 0 spiro atoms. The summed E-state index contributed by atoms with van der Waals surface area (Å²) in [6.07, 6.45) is 5.34. The maximum absolute atomic E-state index is 14.0. The molecule has 2 amide bonds. The monoisotopic (exact) mass is 602 g/mol. The van der Waals surface area contributed by atoms with Crippen molar-refractivity contribution in [1.29, 1.82) is 0 Å². The number of nitro benzene ring substituents is 1. The Morgan fingerprint density at radius 3 is 2.56 bits per heavy atom. The van der Waals surface area contributed by atoms with Crippen molar-refractivity contribution in [2.24, 2.45) is 0 Å². The van der Waals surface area contributed by atoms with Gasteiger partial charge >= 0.3 is 0 Å². The number of benzene rings is 1. The molecule has 3 aliphatic heterocycles. The highest BCUT2D eigenvalue weighted by molar-refractivity contribution is 9.10. The number of carbonyl (C=O) groups is 2. The Kier molecular flexibility index (Phi) is 8.01. The Hall–Kier alpha value is -3.29. The Bertz CT molecular complexity index is 1260. The molecular formula is C26H31BrN6O6. The van der Waals surface area contributed by atoms with Gasteiger partial charge in [-0.3, -0.25) is 24.7 Å². The lowest BCUT2D eigenvalue weighted by Crippen LogP contribution is -2.57. The average molecular weight is 603 g/mol. The van der Waals surface area contributed by atoms with Gasteiger partial charge in [-0.15, -0.1) is 0 Å². The first kappa shape index (κ1) is 27.3. The first-order valence-corrected chi connectivity index (χ1v) is 13.7. The summed E-state index contributed by atoms with van der Waals surface area (Å²) in [5.41, 5.74) is 1.23. The molecule has 1 aromatic heterocycles. The molecule has 12 nitrogen and oxygen atoms in total. The number of halogens is 1. The van der Waals surface area contributed by atoms with Crippen LogP contribution in [0.5, 0.6) is 0 Å². The quantitative estimate of drug-likeness (QED) is 0.361. The number of pyridine rings is 1. The second-order valence-corrected chi connectivity index (χ2v) is 11.0. The molecule has 0 aliphatic carbocycles. The van der Waals surface area contributed by atoms with E-state index in [1.807, 2.05) is 4.90 Å². The lowest BCUT2D eigenvalue weighted by atomic mass is 9.93. The van der Waals surface area contributed by atoms with Crippen LogP contribution in [0.15, 0.2) is 35.1 Å². The molecule has 208 valence electrons. The molecule has 13 heteroatoms. The number of anilines is 2. The van der Waals surface area contributed by atoms with E-state index in [9.17, 15) is 19.7 Å². The van der Waals surface area contributed by atoms with Gasteiger partial charge in [0, 0.05) is 50.2 Å². The van der Waals surface area contributed by atoms with Gasteiger partial charge in [0.15, 0.2) is 0 Å². The maximum atomic E-state index is 14.0. The summed E-state index contributed by atoms with van der Waals surface area (Å²) in [5, 5.41) is 18.4. The zero-order valence-electron chi connectivity index (χ0n) is 21.8. The van der Waals surface area contributed by atoms with E-state index in [0.29, 0.717) is 28.9 Å². The molecule has 3 saturated heterocycles. The van der Waals surface area contributed by atoms with Crippen molar-refractivity contribution in [2.75, 3.05) is 51.1 Å². The average Bonchev–Trinajstić information content (AvgIpc) is 3.35. The number of amides is 2. The fraction of sp³-hybridized carbons (Fsp3) is 0.500. The van der Waals surface area contributed by atoms with Gasteiger partial charge in [-0.05, 0) is 31.4 Å². The van der Waals surface area contributed by atoms with Crippen LogP contribution in [0.4, 0.5) is 17.1 Å². The van der Waals surface area contributed by atoms with Crippen molar-refractivity contribution in [3.05, 3.63) is 56.3 Å². The predicted molar refractivity (Wildman–Crippen MR) is 147 cm³/mol. The lowest BCUT2D eigenvalue weighted by Gasteiger charge is -2.46. The molecule has 4 atom stereocenters. The first-order chi connectivity index (χ1) is 18.8. The maximum Gasteiger partial charge on any atom is 0.294 e. The summed E-state index contributed by atoms with van der Waals surface area (Å²) < 4.78 is 11.8. The van der Waals surface area contributed by atoms with Crippen LogP contribution in [0.3, 0.4) is 0 Å². The lowest BCUT2D eigenvalue weighted by molar-refractivity contribution is -0.384. The molecular weight excluding hydrogens is 572 g/mol. The molecule has 3 aliphatic rings. The van der Waals surface area contributed by atoms with Crippen LogP contribution in [0, 0.1) is 10.1 Å². The second kappa shape index (κ2) is 11.4. The summed E-state index contributed by atoms with van der Waals surface area (Å²) in [6, 6.07) is 4.10. The Balaban J connectivity index is 1.45. The zero-order valence-corrected chi connectivity index (χ0v) is 23.3. The third-order valence-corrected chi connectivity index (χ3v) is 8.14. The van der Waals surface area contributed by atoms with E-state index in [0.717, 1.165) is 19.3 Å². The van der Waals surface area contributed by atoms with Crippen molar-refractivity contribution >= 4 is 44.8 Å². The number of ether oxygens (including phenoxy) is 2. The number of aromatic nitrogens is 1. The molecule has 4 heterocycles. The van der Waals surface area contributed by atoms with Crippen molar-refractivity contribution in [3.63, 3.8) is 0 Å². The highest BCUT2D eigenvalue weighted by Gasteiger charge is 2.42. The predicted octanol–water partition coefficient (Wildman–Crippen LogP) is 3.14. The van der Waals surface area contributed by atoms with Crippen LogP contribution < -0.4 is 10.6 Å². The van der Waals surface area contributed by atoms with Crippen LogP contribution >= 0.6 is 15.9 Å². The fourth-order valence-electron chi connectivity index (χ4n) is 5.74. The fourth-order valence-corrected chi connectivity index (χ4v) is 6.18. The molecule has 2 unspecified atom stereocenters. The van der Waals surface area contributed by atoms with E-state index in [2.05, 4.69) is 31.5 Å². The second-order valence-electron chi connectivity index (χ2n) is 10.0. The zero-order chi connectivity index (χ0) is 27.7. The summed E-state index contributed by atoms with van der Waals surface area (Å²) in [6.45, 7) is 1.41. The number of piperidine rings is 1. The summed E-state index contributed by atoms with van der Waals surface area (Å²) in [4.78, 5) is 46.5.